The third kappa shape index (κ3) is 3.61. The molecule has 2 amide bonds. The minimum atomic E-state index is -0.842. The predicted octanol–water partition coefficient (Wildman–Crippen LogP) is 5.26. The number of fused-ring (bicyclic) bond motifs is 3. The highest BCUT2D eigenvalue weighted by Crippen LogP contribution is 2.39. The lowest BCUT2D eigenvalue weighted by Gasteiger charge is -2.47. The van der Waals surface area contributed by atoms with E-state index in [1.165, 1.54) is 35.3 Å². The Morgan fingerprint density at radius 3 is 2.45 bits per heavy atom. The molecule has 2 aromatic heterocycles. The summed E-state index contributed by atoms with van der Waals surface area (Å²) in [6, 6.07) is 4.69. The largest absolute Gasteiger partial charge is 0.351 e. The minimum Gasteiger partial charge on any atom is -0.351 e. The molecule has 5 rings (SSSR count). The van der Waals surface area contributed by atoms with Gasteiger partial charge in [-0.2, -0.15) is 0 Å². The topological polar surface area (TPSA) is 54.3 Å². The molecule has 1 unspecified atom stereocenters. The third-order valence-corrected chi connectivity index (χ3v) is 9.01. The fraction of sp³-hybridized carbons (Fsp3) is 0.680. The highest BCUT2D eigenvalue weighted by Gasteiger charge is 2.51. The molecule has 0 aromatic carbocycles. The molecule has 3 heterocycles. The van der Waals surface area contributed by atoms with E-state index in [0.717, 1.165) is 56.2 Å². The van der Waals surface area contributed by atoms with Crippen LogP contribution in [0.5, 0.6) is 0 Å². The molecule has 1 atom stereocenters. The lowest BCUT2D eigenvalue weighted by Crippen LogP contribution is -2.67. The molecule has 2 aromatic rings. The summed E-state index contributed by atoms with van der Waals surface area (Å²) in [6.45, 7) is 4.72. The molecule has 0 spiro atoms. The number of aryl methyl sites for hydroxylation is 1. The maximum absolute atomic E-state index is 13.8. The monoisotopic (exact) mass is 441 g/mol. The van der Waals surface area contributed by atoms with Crippen molar-refractivity contribution in [3.8, 4) is 0 Å². The number of hydrogen-bond acceptors (Lipinski definition) is 3. The van der Waals surface area contributed by atoms with Crippen molar-refractivity contribution in [2.45, 2.75) is 109 Å². The first-order valence-electron chi connectivity index (χ1n) is 12.3. The number of nitrogens with one attached hydrogen (secondary N) is 1. The molecule has 5 nitrogen and oxygen atoms in total. The van der Waals surface area contributed by atoms with Crippen LogP contribution >= 0.6 is 11.3 Å². The summed E-state index contributed by atoms with van der Waals surface area (Å²) in [5.41, 5.74) is 1.03. The zero-order valence-electron chi connectivity index (χ0n) is 18.9. The number of rotatable bonds is 4. The molecular weight excluding hydrogens is 406 g/mol. The zero-order chi connectivity index (χ0) is 21.6. The summed E-state index contributed by atoms with van der Waals surface area (Å²) in [5.74, 6) is 0.0798. The lowest BCUT2D eigenvalue weighted by atomic mass is 9.91. The highest BCUT2D eigenvalue weighted by atomic mass is 32.1. The summed E-state index contributed by atoms with van der Waals surface area (Å²) < 4.78 is 3.30. The van der Waals surface area contributed by atoms with E-state index in [0.29, 0.717) is 6.54 Å². The average molecular weight is 442 g/mol. The van der Waals surface area contributed by atoms with Crippen molar-refractivity contribution in [3.63, 3.8) is 0 Å². The van der Waals surface area contributed by atoms with Crippen LogP contribution in [-0.2, 0) is 17.8 Å². The predicted molar refractivity (Wildman–Crippen MR) is 126 cm³/mol. The van der Waals surface area contributed by atoms with E-state index >= 15 is 0 Å². The van der Waals surface area contributed by atoms with Gasteiger partial charge >= 0.3 is 0 Å². The normalized spacial score (nSPS) is 25.7. The van der Waals surface area contributed by atoms with Gasteiger partial charge in [-0.1, -0.05) is 45.4 Å². The fourth-order valence-corrected chi connectivity index (χ4v) is 7.06. The van der Waals surface area contributed by atoms with Crippen LogP contribution in [0.4, 0.5) is 0 Å². The van der Waals surface area contributed by atoms with Crippen LogP contribution in [-0.4, -0.2) is 38.9 Å². The van der Waals surface area contributed by atoms with Gasteiger partial charge in [0.2, 0.25) is 5.91 Å². The Balaban J connectivity index is 1.52. The van der Waals surface area contributed by atoms with Crippen molar-refractivity contribution in [1.29, 1.82) is 0 Å². The van der Waals surface area contributed by atoms with Gasteiger partial charge in [-0.05, 0) is 51.2 Å². The second-order valence-corrected chi connectivity index (χ2v) is 11.1. The number of aromatic nitrogens is 1. The molecule has 3 aliphatic rings. The van der Waals surface area contributed by atoms with Crippen molar-refractivity contribution in [3.05, 3.63) is 22.7 Å². The van der Waals surface area contributed by atoms with E-state index in [-0.39, 0.29) is 23.9 Å². The third-order valence-electron chi connectivity index (χ3n) is 7.79. The van der Waals surface area contributed by atoms with Crippen LogP contribution in [0, 0.1) is 0 Å². The van der Waals surface area contributed by atoms with Crippen molar-refractivity contribution in [1.82, 2.24) is 14.8 Å². The minimum absolute atomic E-state index is 0.0399. The molecule has 2 fully saturated rings. The summed E-state index contributed by atoms with van der Waals surface area (Å²) >= 11 is 1.77. The highest BCUT2D eigenvalue weighted by molar-refractivity contribution is 7.19. The average Bonchev–Trinajstić information content (AvgIpc) is 3.43. The van der Waals surface area contributed by atoms with E-state index in [2.05, 4.69) is 28.9 Å². The molecule has 0 bridgehead atoms. The number of amides is 2. The SMILES string of the molecule is CCc1cc2c(cc3n2CC(C)(C(=O)NC2CCCCCC2)N(C2CCCC2)C3=O)s1. The molecule has 0 saturated heterocycles. The first-order chi connectivity index (χ1) is 15.0. The second-order valence-electron chi connectivity index (χ2n) is 9.98. The van der Waals surface area contributed by atoms with E-state index in [1.807, 2.05) is 11.8 Å². The molecule has 1 N–H and O–H groups in total. The van der Waals surface area contributed by atoms with Gasteiger partial charge in [0.25, 0.3) is 5.91 Å². The summed E-state index contributed by atoms with van der Waals surface area (Å²) in [6.07, 6.45) is 12.3. The van der Waals surface area contributed by atoms with Crippen LogP contribution in [0.2, 0.25) is 0 Å². The summed E-state index contributed by atoms with van der Waals surface area (Å²) in [7, 11) is 0. The number of carbonyl (C=O) groups is 2. The van der Waals surface area contributed by atoms with E-state index in [9.17, 15) is 9.59 Å². The number of nitrogens with zero attached hydrogens (tertiary/aromatic N) is 2. The Morgan fingerprint density at radius 2 is 1.77 bits per heavy atom. The van der Waals surface area contributed by atoms with Crippen molar-refractivity contribution >= 4 is 33.4 Å². The molecule has 168 valence electrons. The van der Waals surface area contributed by atoms with Gasteiger partial charge in [0.05, 0.1) is 16.8 Å². The van der Waals surface area contributed by atoms with Crippen LogP contribution < -0.4 is 5.32 Å². The standard InChI is InChI=1S/C25H35N3O2S/c1-3-19-14-20-22(31-19)15-21-23(29)28(18-12-8-9-13-18)25(2,16-27(20)21)24(30)26-17-10-6-4-5-7-11-17/h14-15,17-18H,3-13,16H2,1-2H3,(H,26,30). The molecule has 31 heavy (non-hydrogen) atoms. The molecule has 1 aliphatic heterocycles. The second kappa shape index (κ2) is 8.27. The van der Waals surface area contributed by atoms with Gasteiger partial charge < -0.3 is 14.8 Å². The molecule has 0 radical (unpaired) electrons. The Kier molecular flexibility index (Phi) is 5.61. The van der Waals surface area contributed by atoms with Crippen molar-refractivity contribution < 1.29 is 9.59 Å². The van der Waals surface area contributed by atoms with Crippen LogP contribution in [0.25, 0.3) is 10.2 Å². The van der Waals surface area contributed by atoms with Gasteiger partial charge in [0.1, 0.15) is 11.2 Å². The van der Waals surface area contributed by atoms with Crippen LogP contribution in [0.3, 0.4) is 0 Å². The van der Waals surface area contributed by atoms with Gasteiger partial charge in [0, 0.05) is 17.0 Å². The Labute approximate surface area is 189 Å². The van der Waals surface area contributed by atoms with E-state index < -0.39 is 5.54 Å². The van der Waals surface area contributed by atoms with Gasteiger partial charge in [-0.15, -0.1) is 11.3 Å². The number of hydrogen-bond donors (Lipinski definition) is 1. The maximum atomic E-state index is 13.8. The van der Waals surface area contributed by atoms with Crippen molar-refractivity contribution in [2.24, 2.45) is 0 Å². The Bertz CT molecular complexity index is 978. The first kappa shape index (κ1) is 21.0. The van der Waals surface area contributed by atoms with Gasteiger partial charge in [-0.25, -0.2) is 0 Å². The molecule has 2 saturated carbocycles. The molecule has 6 heteroatoms. The zero-order valence-corrected chi connectivity index (χ0v) is 19.7. The maximum Gasteiger partial charge on any atom is 0.271 e. The van der Waals surface area contributed by atoms with Crippen LogP contribution in [0.15, 0.2) is 12.1 Å². The number of thiophene rings is 1. The van der Waals surface area contributed by atoms with E-state index in [1.54, 1.807) is 11.3 Å². The lowest BCUT2D eigenvalue weighted by molar-refractivity contribution is -0.135. The number of carbonyl (C=O) groups excluding carboxylic acids is 2. The van der Waals surface area contributed by atoms with Gasteiger partial charge in [-0.3, -0.25) is 9.59 Å². The Hall–Kier alpha value is -1.82. The smallest absolute Gasteiger partial charge is 0.271 e. The van der Waals surface area contributed by atoms with Gasteiger partial charge in [0.15, 0.2) is 0 Å². The quantitative estimate of drug-likeness (QED) is 0.658. The molecule has 2 aliphatic carbocycles. The molecular formula is C25H35N3O2S. The first-order valence-corrected chi connectivity index (χ1v) is 13.1. The fourth-order valence-electron chi connectivity index (χ4n) is 6.02. The van der Waals surface area contributed by atoms with Crippen molar-refractivity contribution in [2.75, 3.05) is 0 Å². The Morgan fingerprint density at radius 1 is 1.10 bits per heavy atom. The van der Waals surface area contributed by atoms with E-state index in [4.69, 9.17) is 0 Å². The summed E-state index contributed by atoms with van der Waals surface area (Å²) in [4.78, 5) is 31.0. The van der Waals surface area contributed by atoms with Crippen LogP contribution in [0.1, 0.15) is 93.4 Å². The summed E-state index contributed by atoms with van der Waals surface area (Å²) in [5, 5.41) is 3.39.